The summed E-state index contributed by atoms with van der Waals surface area (Å²) in [7, 11) is 0. The summed E-state index contributed by atoms with van der Waals surface area (Å²) in [4.78, 5) is 43.8. The van der Waals surface area contributed by atoms with Gasteiger partial charge < -0.3 is 19.4 Å². The van der Waals surface area contributed by atoms with Gasteiger partial charge in [0.05, 0.1) is 19.2 Å². The van der Waals surface area contributed by atoms with Crippen molar-refractivity contribution in [1.82, 2.24) is 15.1 Å². The van der Waals surface area contributed by atoms with Crippen molar-refractivity contribution in [2.24, 2.45) is 0 Å². The number of hydrogen-bond acceptors (Lipinski definition) is 6. The van der Waals surface area contributed by atoms with E-state index in [-0.39, 0.29) is 31.4 Å². The summed E-state index contributed by atoms with van der Waals surface area (Å²) in [6.07, 6.45) is 2.34. The Balaban J connectivity index is 1.28. The number of likely N-dealkylation sites (tertiary alicyclic amines) is 1. The molecule has 2 aliphatic rings. The highest BCUT2D eigenvalue weighted by molar-refractivity contribution is 6.01. The molecule has 1 N–H and O–H groups in total. The quantitative estimate of drug-likeness (QED) is 0.477. The third kappa shape index (κ3) is 5.59. The van der Waals surface area contributed by atoms with E-state index in [0.29, 0.717) is 31.7 Å². The summed E-state index contributed by atoms with van der Waals surface area (Å²) in [5.41, 5.74) is 1.08. The van der Waals surface area contributed by atoms with Crippen LogP contribution in [0.4, 0.5) is 0 Å². The van der Waals surface area contributed by atoms with Crippen molar-refractivity contribution < 1.29 is 23.5 Å². The number of carbonyl (C=O) groups is 3. The highest BCUT2D eigenvalue weighted by Gasteiger charge is 2.54. The molecule has 0 saturated carbocycles. The van der Waals surface area contributed by atoms with Crippen molar-refractivity contribution in [1.29, 1.82) is 0 Å². The second-order valence-corrected chi connectivity index (χ2v) is 9.67. The number of ether oxygens (including phenoxy) is 1. The lowest BCUT2D eigenvalue weighted by molar-refractivity contribution is -0.165. The van der Waals surface area contributed by atoms with E-state index in [1.54, 1.807) is 23.3 Å². The monoisotopic (exact) mass is 501 g/mol. The maximum absolute atomic E-state index is 13.7. The summed E-state index contributed by atoms with van der Waals surface area (Å²) >= 11 is 0. The van der Waals surface area contributed by atoms with Gasteiger partial charge in [-0.1, -0.05) is 60.7 Å². The van der Waals surface area contributed by atoms with Gasteiger partial charge in [-0.2, -0.15) is 0 Å². The molecule has 1 unspecified atom stereocenters. The molecule has 0 aliphatic carbocycles. The van der Waals surface area contributed by atoms with Gasteiger partial charge in [-0.3, -0.25) is 19.3 Å². The van der Waals surface area contributed by atoms with Gasteiger partial charge in [0, 0.05) is 19.6 Å². The lowest BCUT2D eigenvalue weighted by Crippen LogP contribution is -2.72. The number of rotatable bonds is 8. The fraction of sp³-hybridized carbons (Fsp3) is 0.345. The van der Waals surface area contributed by atoms with Crippen molar-refractivity contribution in [3.63, 3.8) is 0 Å². The van der Waals surface area contributed by atoms with Crippen molar-refractivity contribution in [3.8, 4) is 0 Å². The molecule has 2 fully saturated rings. The summed E-state index contributed by atoms with van der Waals surface area (Å²) in [5.74, 6) is -0.448. The SMILES string of the molecule is O=C(CC1NC(=O)C2(CCN(Cc3ccccc3)CC2)N(Cc2ccco2)C1=O)OCc1ccccc1. The average Bonchev–Trinajstić information content (AvgIpc) is 3.44. The first-order valence-electron chi connectivity index (χ1n) is 12.6. The number of benzene rings is 2. The Hall–Kier alpha value is -3.91. The van der Waals surface area contributed by atoms with E-state index < -0.39 is 17.6 Å². The topological polar surface area (TPSA) is 92.1 Å². The van der Waals surface area contributed by atoms with Crippen LogP contribution in [-0.4, -0.2) is 52.3 Å². The molecule has 192 valence electrons. The van der Waals surface area contributed by atoms with Crippen molar-refractivity contribution >= 4 is 17.8 Å². The Labute approximate surface area is 216 Å². The molecule has 2 aliphatic heterocycles. The maximum atomic E-state index is 13.7. The highest BCUT2D eigenvalue weighted by atomic mass is 16.5. The van der Waals surface area contributed by atoms with Crippen molar-refractivity contribution in [2.75, 3.05) is 13.1 Å². The largest absolute Gasteiger partial charge is 0.467 e. The van der Waals surface area contributed by atoms with Gasteiger partial charge in [0.25, 0.3) is 0 Å². The molecule has 8 heteroatoms. The number of nitrogens with zero attached hydrogens (tertiary/aromatic N) is 2. The number of carbonyl (C=O) groups excluding carboxylic acids is 3. The Morgan fingerprint density at radius 2 is 1.59 bits per heavy atom. The number of piperidine rings is 1. The molecule has 1 aromatic heterocycles. The molecule has 3 heterocycles. The fourth-order valence-corrected chi connectivity index (χ4v) is 5.19. The van der Waals surface area contributed by atoms with Crippen molar-refractivity contribution in [2.45, 2.75) is 50.5 Å². The number of esters is 1. The lowest BCUT2D eigenvalue weighted by Gasteiger charge is -2.51. The summed E-state index contributed by atoms with van der Waals surface area (Å²) in [6.45, 7) is 2.43. The van der Waals surface area contributed by atoms with Gasteiger partial charge in [0.15, 0.2) is 0 Å². The van der Waals surface area contributed by atoms with Crippen LogP contribution in [0, 0.1) is 0 Å². The maximum Gasteiger partial charge on any atom is 0.308 e. The molecule has 0 bridgehead atoms. The minimum absolute atomic E-state index is 0.117. The van der Waals surface area contributed by atoms with Gasteiger partial charge in [-0.05, 0) is 36.1 Å². The molecule has 2 saturated heterocycles. The van der Waals surface area contributed by atoms with Gasteiger partial charge >= 0.3 is 5.97 Å². The minimum atomic E-state index is -0.985. The first-order valence-corrected chi connectivity index (χ1v) is 12.6. The van der Waals surface area contributed by atoms with E-state index in [2.05, 4.69) is 22.3 Å². The van der Waals surface area contributed by atoms with E-state index in [0.717, 1.165) is 12.1 Å². The van der Waals surface area contributed by atoms with Crippen LogP contribution in [0.15, 0.2) is 83.5 Å². The van der Waals surface area contributed by atoms with Crippen LogP contribution in [-0.2, 0) is 38.8 Å². The Morgan fingerprint density at radius 3 is 2.24 bits per heavy atom. The second-order valence-electron chi connectivity index (χ2n) is 9.67. The number of nitrogens with one attached hydrogen (secondary N) is 1. The van der Waals surface area contributed by atoms with E-state index >= 15 is 0 Å². The zero-order chi connectivity index (χ0) is 25.7. The van der Waals surface area contributed by atoms with Gasteiger partial charge in [0.1, 0.15) is 23.9 Å². The molecular formula is C29H31N3O5. The predicted octanol–water partition coefficient (Wildman–Crippen LogP) is 3.27. The van der Waals surface area contributed by atoms with Crippen LogP contribution < -0.4 is 5.32 Å². The third-order valence-electron chi connectivity index (χ3n) is 7.25. The number of amides is 2. The number of hydrogen-bond donors (Lipinski definition) is 1. The standard InChI is InChI=1S/C29H31N3O5/c33-26(37-21-23-10-5-2-6-11-23)18-25-27(34)32(20-24-12-7-17-36-24)29(28(35)30-25)13-15-31(16-14-29)19-22-8-3-1-4-9-22/h1-12,17,25H,13-16,18-21H2,(H,30,35). The summed E-state index contributed by atoms with van der Waals surface area (Å²) < 4.78 is 10.9. The van der Waals surface area contributed by atoms with E-state index in [4.69, 9.17) is 9.15 Å². The first kappa shape index (κ1) is 24.8. The molecule has 1 atom stereocenters. The van der Waals surface area contributed by atoms with Gasteiger partial charge in [0.2, 0.25) is 11.8 Å². The first-order chi connectivity index (χ1) is 18.0. The number of furan rings is 1. The van der Waals surface area contributed by atoms with Crippen LogP contribution in [0.1, 0.15) is 36.1 Å². The Kier molecular flexibility index (Phi) is 7.37. The molecule has 3 aromatic rings. The molecule has 5 rings (SSSR count). The fourth-order valence-electron chi connectivity index (χ4n) is 5.19. The molecule has 0 radical (unpaired) electrons. The predicted molar refractivity (Wildman–Crippen MR) is 136 cm³/mol. The van der Waals surface area contributed by atoms with Crippen LogP contribution in [0.5, 0.6) is 0 Å². The molecular weight excluding hydrogens is 470 g/mol. The van der Waals surface area contributed by atoms with Crippen LogP contribution >= 0.6 is 0 Å². The summed E-state index contributed by atoms with van der Waals surface area (Å²) in [5, 5.41) is 2.85. The van der Waals surface area contributed by atoms with E-state index in [1.165, 1.54) is 5.56 Å². The highest BCUT2D eigenvalue weighted by Crippen LogP contribution is 2.35. The number of piperazine rings is 1. The lowest BCUT2D eigenvalue weighted by atomic mass is 9.81. The van der Waals surface area contributed by atoms with Crippen LogP contribution in [0.2, 0.25) is 0 Å². The van der Waals surface area contributed by atoms with Gasteiger partial charge in [-0.15, -0.1) is 0 Å². The third-order valence-corrected chi connectivity index (χ3v) is 7.25. The molecule has 2 amide bonds. The van der Waals surface area contributed by atoms with E-state index in [1.807, 2.05) is 48.5 Å². The Morgan fingerprint density at radius 1 is 0.919 bits per heavy atom. The van der Waals surface area contributed by atoms with Gasteiger partial charge in [-0.25, -0.2) is 0 Å². The molecule has 2 aromatic carbocycles. The minimum Gasteiger partial charge on any atom is -0.467 e. The molecule has 8 nitrogen and oxygen atoms in total. The molecule has 37 heavy (non-hydrogen) atoms. The zero-order valence-electron chi connectivity index (χ0n) is 20.7. The van der Waals surface area contributed by atoms with E-state index in [9.17, 15) is 14.4 Å². The summed E-state index contributed by atoms with van der Waals surface area (Å²) in [6, 6.07) is 22.1. The average molecular weight is 502 g/mol. The van der Waals surface area contributed by atoms with Crippen LogP contribution in [0.25, 0.3) is 0 Å². The zero-order valence-corrected chi connectivity index (χ0v) is 20.7. The second kappa shape index (κ2) is 11.0. The molecule has 1 spiro atoms. The smallest absolute Gasteiger partial charge is 0.308 e. The normalized spacial score (nSPS) is 19.6. The van der Waals surface area contributed by atoms with Crippen LogP contribution in [0.3, 0.4) is 0 Å². The van der Waals surface area contributed by atoms with Crippen molar-refractivity contribution in [3.05, 3.63) is 95.9 Å². The Bertz CT molecular complexity index is 1200.